The molecule has 1 aromatic carbocycles. The highest BCUT2D eigenvalue weighted by Crippen LogP contribution is 2.17. The largest absolute Gasteiger partial charge is 0.126 e. The van der Waals surface area contributed by atoms with E-state index in [1.807, 2.05) is 6.08 Å². The van der Waals surface area contributed by atoms with Crippen molar-refractivity contribution >= 4 is 17.7 Å². The summed E-state index contributed by atoms with van der Waals surface area (Å²) in [7, 11) is 0. The van der Waals surface area contributed by atoms with Gasteiger partial charge in [0.15, 0.2) is 0 Å². The van der Waals surface area contributed by atoms with Crippen LogP contribution in [0.25, 0.3) is 6.08 Å². The lowest BCUT2D eigenvalue weighted by molar-refractivity contribution is 0.875. The highest BCUT2D eigenvalue weighted by molar-refractivity contribution is 6.18. The van der Waals surface area contributed by atoms with E-state index in [1.165, 1.54) is 5.56 Å². The summed E-state index contributed by atoms with van der Waals surface area (Å²) >= 11 is 5.74. The number of halogens is 1. The maximum atomic E-state index is 5.74. The van der Waals surface area contributed by atoms with Gasteiger partial charge in [0.25, 0.3) is 0 Å². The van der Waals surface area contributed by atoms with Crippen molar-refractivity contribution in [2.75, 3.05) is 5.88 Å². The van der Waals surface area contributed by atoms with E-state index in [-0.39, 0.29) is 0 Å². The third-order valence-electron chi connectivity index (χ3n) is 1.97. The molecule has 1 rings (SSSR count). The number of hydrogen-bond acceptors (Lipinski definition) is 0. The molecular weight excluding hydrogens is 168 g/mol. The molecule has 0 fully saturated rings. The maximum absolute atomic E-state index is 5.74. The molecule has 1 heteroatoms. The van der Waals surface area contributed by atoms with Crippen LogP contribution in [0.4, 0.5) is 0 Å². The minimum absolute atomic E-state index is 0.436. The van der Waals surface area contributed by atoms with Gasteiger partial charge in [-0.15, -0.1) is 11.6 Å². The minimum Gasteiger partial charge on any atom is -0.126 e. The molecule has 0 aromatic heterocycles. The number of rotatable bonds is 3. The number of alkyl halides is 1. The second-order valence-corrected chi connectivity index (χ2v) is 3.23. The molecule has 0 spiro atoms. The van der Waals surface area contributed by atoms with Gasteiger partial charge in [-0.05, 0) is 17.0 Å². The molecule has 0 aliphatic rings. The summed E-state index contributed by atoms with van der Waals surface area (Å²) in [5, 5.41) is 0. The molecule has 0 amide bonds. The Balaban J connectivity index is 2.84. The molecule has 1 unspecified atom stereocenters. The molecule has 0 aliphatic heterocycles. The standard InChI is InChI=1S/C11H13Cl/c1-3-10-4-6-11(7-5-10)9(2)8-12/h3-7,9H,1,8H2,2H3. The Labute approximate surface area is 78.9 Å². The van der Waals surface area contributed by atoms with Gasteiger partial charge < -0.3 is 0 Å². The van der Waals surface area contributed by atoms with Gasteiger partial charge in [-0.25, -0.2) is 0 Å². The molecule has 0 saturated heterocycles. The fourth-order valence-electron chi connectivity index (χ4n) is 1.05. The van der Waals surface area contributed by atoms with Gasteiger partial charge in [0, 0.05) is 5.88 Å². The van der Waals surface area contributed by atoms with E-state index in [0.717, 1.165) is 5.56 Å². The van der Waals surface area contributed by atoms with Crippen LogP contribution in [0.2, 0.25) is 0 Å². The lowest BCUT2D eigenvalue weighted by Crippen LogP contribution is -1.93. The third kappa shape index (κ3) is 2.12. The summed E-state index contributed by atoms with van der Waals surface area (Å²) in [4.78, 5) is 0. The molecule has 64 valence electrons. The van der Waals surface area contributed by atoms with E-state index in [0.29, 0.717) is 11.8 Å². The Morgan fingerprint density at radius 2 is 2.00 bits per heavy atom. The van der Waals surface area contributed by atoms with Crippen molar-refractivity contribution in [3.8, 4) is 0 Å². The number of hydrogen-bond donors (Lipinski definition) is 0. The van der Waals surface area contributed by atoms with Gasteiger partial charge in [0.1, 0.15) is 0 Å². The molecule has 1 aromatic rings. The minimum atomic E-state index is 0.436. The highest BCUT2D eigenvalue weighted by Gasteiger charge is 2.01. The molecule has 1 atom stereocenters. The monoisotopic (exact) mass is 180 g/mol. The molecule has 0 heterocycles. The van der Waals surface area contributed by atoms with E-state index in [9.17, 15) is 0 Å². The van der Waals surface area contributed by atoms with Crippen molar-refractivity contribution in [2.24, 2.45) is 0 Å². The van der Waals surface area contributed by atoms with Crippen LogP contribution < -0.4 is 0 Å². The molecule has 12 heavy (non-hydrogen) atoms. The molecule has 0 aliphatic carbocycles. The third-order valence-corrected chi connectivity index (χ3v) is 2.44. The van der Waals surface area contributed by atoms with Crippen molar-refractivity contribution < 1.29 is 0 Å². The van der Waals surface area contributed by atoms with Crippen molar-refractivity contribution in [3.63, 3.8) is 0 Å². The van der Waals surface area contributed by atoms with Gasteiger partial charge in [0.2, 0.25) is 0 Å². The molecule has 0 saturated carbocycles. The van der Waals surface area contributed by atoms with E-state index in [2.05, 4.69) is 37.8 Å². The highest BCUT2D eigenvalue weighted by atomic mass is 35.5. The van der Waals surface area contributed by atoms with Crippen LogP contribution in [0.15, 0.2) is 30.8 Å². The predicted octanol–water partition coefficient (Wildman–Crippen LogP) is 3.67. The fourth-order valence-corrected chi connectivity index (χ4v) is 1.23. The van der Waals surface area contributed by atoms with Crippen LogP contribution in [0.3, 0.4) is 0 Å². The van der Waals surface area contributed by atoms with Gasteiger partial charge in [0.05, 0.1) is 0 Å². The zero-order valence-corrected chi connectivity index (χ0v) is 8.01. The second-order valence-electron chi connectivity index (χ2n) is 2.93. The lowest BCUT2D eigenvalue weighted by Gasteiger charge is -2.07. The average Bonchev–Trinajstić information content (AvgIpc) is 2.17. The van der Waals surface area contributed by atoms with E-state index in [4.69, 9.17) is 11.6 Å². The predicted molar refractivity (Wildman–Crippen MR) is 55.7 cm³/mol. The van der Waals surface area contributed by atoms with Crippen LogP contribution in [-0.2, 0) is 0 Å². The van der Waals surface area contributed by atoms with Gasteiger partial charge in [-0.1, -0.05) is 43.8 Å². The maximum Gasteiger partial charge on any atom is 0.0289 e. The zero-order valence-electron chi connectivity index (χ0n) is 7.26. The van der Waals surface area contributed by atoms with Crippen LogP contribution in [-0.4, -0.2) is 5.88 Å². The lowest BCUT2D eigenvalue weighted by atomic mass is 10.0. The summed E-state index contributed by atoms with van der Waals surface area (Å²) in [6.07, 6.45) is 1.84. The summed E-state index contributed by atoms with van der Waals surface area (Å²) in [5.74, 6) is 1.11. The summed E-state index contributed by atoms with van der Waals surface area (Å²) < 4.78 is 0. The van der Waals surface area contributed by atoms with Gasteiger partial charge in [-0.3, -0.25) is 0 Å². The van der Waals surface area contributed by atoms with Crippen LogP contribution in [0.5, 0.6) is 0 Å². The first-order valence-corrected chi connectivity index (χ1v) is 4.59. The van der Waals surface area contributed by atoms with Gasteiger partial charge in [-0.2, -0.15) is 0 Å². The van der Waals surface area contributed by atoms with Crippen LogP contribution in [0.1, 0.15) is 24.0 Å². The average molecular weight is 181 g/mol. The zero-order chi connectivity index (χ0) is 8.97. The SMILES string of the molecule is C=Cc1ccc(C(C)CCl)cc1. The van der Waals surface area contributed by atoms with Gasteiger partial charge >= 0.3 is 0 Å². The molecule has 0 bridgehead atoms. The van der Waals surface area contributed by atoms with Crippen molar-refractivity contribution in [1.82, 2.24) is 0 Å². The Bertz CT molecular complexity index is 248. The van der Waals surface area contributed by atoms with Crippen molar-refractivity contribution in [1.29, 1.82) is 0 Å². The smallest absolute Gasteiger partial charge is 0.0289 e. The summed E-state index contributed by atoms with van der Waals surface area (Å²) in [5.41, 5.74) is 2.44. The molecule has 0 nitrogen and oxygen atoms in total. The quantitative estimate of drug-likeness (QED) is 0.623. The first kappa shape index (κ1) is 9.34. The molecular formula is C11H13Cl. The van der Waals surface area contributed by atoms with Crippen LogP contribution in [0, 0.1) is 0 Å². The first-order chi connectivity index (χ1) is 5.77. The Kier molecular flexibility index (Phi) is 3.36. The second kappa shape index (κ2) is 4.32. The Morgan fingerprint density at radius 3 is 2.42 bits per heavy atom. The summed E-state index contributed by atoms with van der Waals surface area (Å²) in [6, 6.07) is 8.32. The van der Waals surface area contributed by atoms with E-state index in [1.54, 1.807) is 0 Å². The van der Waals surface area contributed by atoms with E-state index >= 15 is 0 Å². The molecule has 0 radical (unpaired) electrons. The Morgan fingerprint density at radius 1 is 1.42 bits per heavy atom. The Hall–Kier alpha value is -0.750. The fraction of sp³-hybridized carbons (Fsp3) is 0.273. The molecule has 0 N–H and O–H groups in total. The first-order valence-electron chi connectivity index (χ1n) is 4.06. The normalized spacial score (nSPS) is 12.5. The summed E-state index contributed by atoms with van der Waals surface area (Å²) in [6.45, 7) is 5.82. The van der Waals surface area contributed by atoms with Crippen LogP contribution >= 0.6 is 11.6 Å². The number of benzene rings is 1. The van der Waals surface area contributed by atoms with Crippen molar-refractivity contribution in [2.45, 2.75) is 12.8 Å². The van der Waals surface area contributed by atoms with E-state index < -0.39 is 0 Å². The topological polar surface area (TPSA) is 0 Å². The van der Waals surface area contributed by atoms with Crippen molar-refractivity contribution in [3.05, 3.63) is 42.0 Å².